The second kappa shape index (κ2) is 8.27. The van der Waals surface area contributed by atoms with Crippen LogP contribution in [0.2, 0.25) is 0 Å². The number of nitrogens with one attached hydrogen (secondary N) is 1. The maximum absolute atomic E-state index is 13.2. The van der Waals surface area contributed by atoms with E-state index in [9.17, 15) is 9.18 Å². The quantitative estimate of drug-likeness (QED) is 0.526. The van der Waals surface area contributed by atoms with Gasteiger partial charge >= 0.3 is 0 Å². The third-order valence-corrected chi connectivity index (χ3v) is 5.35. The van der Waals surface area contributed by atoms with Gasteiger partial charge in [0, 0.05) is 12.6 Å². The lowest BCUT2D eigenvalue weighted by molar-refractivity contribution is -0.119. The molecule has 0 aliphatic carbocycles. The number of anilines is 1. The third-order valence-electron chi connectivity index (χ3n) is 4.39. The molecule has 1 atom stereocenters. The molecule has 0 radical (unpaired) electrons. The Balaban J connectivity index is 1.56. The van der Waals surface area contributed by atoms with Gasteiger partial charge in [-0.3, -0.25) is 4.79 Å². The van der Waals surface area contributed by atoms with E-state index in [0.717, 1.165) is 16.0 Å². The van der Waals surface area contributed by atoms with Crippen molar-refractivity contribution in [2.24, 2.45) is 0 Å². The molecule has 146 valence electrons. The Morgan fingerprint density at radius 1 is 1.17 bits per heavy atom. The Labute approximate surface area is 170 Å². The molecule has 0 aliphatic heterocycles. The summed E-state index contributed by atoms with van der Waals surface area (Å²) in [5, 5.41) is 14.8. The lowest BCUT2D eigenvalue weighted by atomic mass is 10.1. The second-order valence-corrected chi connectivity index (χ2v) is 7.43. The van der Waals surface area contributed by atoms with Crippen LogP contribution in [0.3, 0.4) is 0 Å². The number of hydrogen-bond acceptors (Lipinski definition) is 6. The first-order valence-corrected chi connectivity index (χ1v) is 9.73. The summed E-state index contributed by atoms with van der Waals surface area (Å²) in [7, 11) is 0. The normalized spacial score (nSPS) is 11.9. The Kier molecular flexibility index (Phi) is 5.39. The van der Waals surface area contributed by atoms with Gasteiger partial charge in [0.25, 0.3) is 5.91 Å². The minimum absolute atomic E-state index is 0.293. The van der Waals surface area contributed by atoms with Gasteiger partial charge < -0.3 is 5.32 Å². The molecule has 4 aromatic rings. The highest BCUT2D eigenvalue weighted by Gasteiger charge is 2.25. The van der Waals surface area contributed by atoms with E-state index >= 15 is 0 Å². The SMILES string of the molecule is Cc1nnnn1C(Cc1ccc(F)cc1)C(=O)Nc1ncc(-c2ccccc2)s1. The molecule has 0 bridgehead atoms. The summed E-state index contributed by atoms with van der Waals surface area (Å²) in [6, 6.07) is 15.1. The average molecular weight is 408 g/mol. The highest BCUT2D eigenvalue weighted by atomic mass is 32.1. The number of amides is 1. The standard InChI is InChI=1S/C20H17FN6OS/c1-13-24-25-26-27(13)17(11-14-7-9-16(21)10-8-14)19(28)23-20-22-12-18(29-20)15-5-3-2-4-6-15/h2-10,12,17H,11H2,1H3,(H,22,23,28). The number of hydrogen-bond donors (Lipinski definition) is 1. The van der Waals surface area contributed by atoms with Crippen molar-refractivity contribution in [3.05, 3.63) is 78.0 Å². The molecule has 2 aromatic carbocycles. The minimum atomic E-state index is -0.695. The highest BCUT2D eigenvalue weighted by Crippen LogP contribution is 2.29. The minimum Gasteiger partial charge on any atom is -0.300 e. The van der Waals surface area contributed by atoms with Crippen LogP contribution in [-0.4, -0.2) is 31.1 Å². The Hall–Kier alpha value is -3.46. The molecule has 7 nitrogen and oxygen atoms in total. The van der Waals surface area contributed by atoms with Crippen molar-refractivity contribution in [3.63, 3.8) is 0 Å². The van der Waals surface area contributed by atoms with Gasteiger partial charge in [-0.25, -0.2) is 14.1 Å². The number of aryl methyl sites for hydroxylation is 1. The van der Waals surface area contributed by atoms with Gasteiger partial charge in [0.05, 0.1) is 4.88 Å². The monoisotopic (exact) mass is 408 g/mol. The zero-order valence-electron chi connectivity index (χ0n) is 15.5. The fourth-order valence-corrected chi connectivity index (χ4v) is 3.74. The van der Waals surface area contributed by atoms with Gasteiger partial charge in [0.2, 0.25) is 0 Å². The number of carbonyl (C=O) groups excluding carboxylic acids is 1. The van der Waals surface area contributed by atoms with E-state index < -0.39 is 6.04 Å². The Morgan fingerprint density at radius 3 is 2.62 bits per heavy atom. The van der Waals surface area contributed by atoms with Crippen molar-refractivity contribution in [2.45, 2.75) is 19.4 Å². The summed E-state index contributed by atoms with van der Waals surface area (Å²) in [6.45, 7) is 1.72. The molecule has 9 heteroatoms. The fraction of sp³-hybridized carbons (Fsp3) is 0.150. The Morgan fingerprint density at radius 2 is 1.93 bits per heavy atom. The number of rotatable bonds is 6. The van der Waals surface area contributed by atoms with Crippen LogP contribution < -0.4 is 5.32 Å². The number of benzene rings is 2. The van der Waals surface area contributed by atoms with Gasteiger partial charge in [-0.15, -0.1) is 5.10 Å². The summed E-state index contributed by atoms with van der Waals surface area (Å²) < 4.78 is 14.7. The predicted molar refractivity (Wildman–Crippen MR) is 108 cm³/mol. The molecule has 0 saturated heterocycles. The molecule has 0 aliphatic rings. The lowest BCUT2D eigenvalue weighted by Gasteiger charge is -2.16. The molecule has 0 fully saturated rings. The summed E-state index contributed by atoms with van der Waals surface area (Å²) >= 11 is 1.39. The topological polar surface area (TPSA) is 85.6 Å². The average Bonchev–Trinajstić information content (AvgIpc) is 3.37. The number of carbonyl (C=O) groups is 1. The van der Waals surface area contributed by atoms with Crippen LogP contribution in [0.1, 0.15) is 17.4 Å². The zero-order chi connectivity index (χ0) is 20.2. The van der Waals surface area contributed by atoms with Crippen LogP contribution in [0.25, 0.3) is 10.4 Å². The Bertz CT molecular complexity index is 1110. The first kappa shape index (κ1) is 18.9. The number of halogens is 1. The predicted octanol–water partition coefficient (Wildman–Crippen LogP) is 3.67. The third kappa shape index (κ3) is 4.35. The van der Waals surface area contributed by atoms with Gasteiger partial charge in [0.15, 0.2) is 5.13 Å². The van der Waals surface area contributed by atoms with Crippen molar-refractivity contribution in [3.8, 4) is 10.4 Å². The van der Waals surface area contributed by atoms with E-state index in [-0.39, 0.29) is 11.7 Å². The lowest BCUT2D eigenvalue weighted by Crippen LogP contribution is -2.29. The van der Waals surface area contributed by atoms with Crippen molar-refractivity contribution in [1.29, 1.82) is 0 Å². The van der Waals surface area contributed by atoms with E-state index in [0.29, 0.717) is 17.4 Å². The molecule has 2 aromatic heterocycles. The van der Waals surface area contributed by atoms with Gasteiger partial charge in [0.1, 0.15) is 17.7 Å². The van der Waals surface area contributed by atoms with Crippen LogP contribution in [0.4, 0.5) is 9.52 Å². The van der Waals surface area contributed by atoms with E-state index in [1.165, 1.54) is 28.2 Å². The molecule has 1 amide bonds. The van der Waals surface area contributed by atoms with Crippen LogP contribution >= 0.6 is 11.3 Å². The zero-order valence-corrected chi connectivity index (χ0v) is 16.3. The maximum Gasteiger partial charge on any atom is 0.251 e. The molecule has 1 unspecified atom stereocenters. The molecule has 29 heavy (non-hydrogen) atoms. The van der Waals surface area contributed by atoms with Crippen LogP contribution in [-0.2, 0) is 11.2 Å². The molecular formula is C20H17FN6OS. The van der Waals surface area contributed by atoms with Crippen molar-refractivity contribution in [1.82, 2.24) is 25.2 Å². The number of thiazole rings is 1. The molecule has 1 N–H and O–H groups in total. The number of tetrazole rings is 1. The summed E-state index contributed by atoms with van der Waals surface area (Å²) in [5.74, 6) is -0.111. The van der Waals surface area contributed by atoms with Crippen molar-refractivity contribution in [2.75, 3.05) is 5.32 Å². The second-order valence-electron chi connectivity index (χ2n) is 6.40. The first-order chi connectivity index (χ1) is 14.1. The summed E-state index contributed by atoms with van der Waals surface area (Å²) in [6.07, 6.45) is 2.04. The van der Waals surface area contributed by atoms with Crippen LogP contribution in [0.15, 0.2) is 60.8 Å². The fourth-order valence-electron chi connectivity index (χ4n) is 2.92. The van der Waals surface area contributed by atoms with E-state index in [4.69, 9.17) is 0 Å². The summed E-state index contributed by atoms with van der Waals surface area (Å²) in [4.78, 5) is 18.3. The van der Waals surface area contributed by atoms with Gasteiger partial charge in [-0.05, 0) is 40.6 Å². The van der Waals surface area contributed by atoms with Gasteiger partial charge in [-0.2, -0.15) is 0 Å². The molecule has 0 spiro atoms. The number of aromatic nitrogens is 5. The van der Waals surface area contributed by atoms with Crippen LogP contribution in [0, 0.1) is 12.7 Å². The van der Waals surface area contributed by atoms with Crippen LogP contribution in [0.5, 0.6) is 0 Å². The van der Waals surface area contributed by atoms with Gasteiger partial charge in [-0.1, -0.05) is 53.8 Å². The molecule has 4 rings (SSSR count). The highest BCUT2D eigenvalue weighted by molar-refractivity contribution is 7.19. The first-order valence-electron chi connectivity index (χ1n) is 8.91. The van der Waals surface area contributed by atoms with E-state index in [1.807, 2.05) is 30.3 Å². The summed E-state index contributed by atoms with van der Waals surface area (Å²) in [5.41, 5.74) is 1.83. The molecule has 2 heterocycles. The van der Waals surface area contributed by atoms with E-state index in [1.54, 1.807) is 25.3 Å². The number of nitrogens with zero attached hydrogens (tertiary/aromatic N) is 5. The van der Waals surface area contributed by atoms with Crippen molar-refractivity contribution >= 4 is 22.4 Å². The van der Waals surface area contributed by atoms with Crippen molar-refractivity contribution < 1.29 is 9.18 Å². The largest absolute Gasteiger partial charge is 0.300 e. The molecule has 0 saturated carbocycles. The molecular weight excluding hydrogens is 391 g/mol. The van der Waals surface area contributed by atoms with E-state index in [2.05, 4.69) is 25.8 Å². The maximum atomic E-state index is 13.2. The smallest absolute Gasteiger partial charge is 0.251 e.